The van der Waals surface area contributed by atoms with Crippen molar-refractivity contribution < 1.29 is 19.4 Å². The van der Waals surface area contributed by atoms with Gasteiger partial charge in [0.1, 0.15) is 0 Å². The van der Waals surface area contributed by atoms with Gasteiger partial charge in [-0.15, -0.1) is 0 Å². The molecule has 0 aromatic carbocycles. The molecule has 1 aliphatic heterocycles. The second-order valence-corrected chi connectivity index (χ2v) is 5.69. The lowest BCUT2D eigenvalue weighted by Crippen LogP contribution is -2.29. The highest BCUT2D eigenvalue weighted by Gasteiger charge is 2.34. The van der Waals surface area contributed by atoms with Crippen molar-refractivity contribution in [2.45, 2.75) is 33.1 Å². The second kappa shape index (κ2) is 6.18. The Morgan fingerprint density at radius 1 is 1.56 bits per heavy atom. The topological polar surface area (TPSA) is 66.8 Å². The van der Waals surface area contributed by atoms with Crippen LogP contribution in [0, 0.1) is 11.3 Å². The number of likely N-dealkylation sites (tertiary alicyclic amines) is 1. The van der Waals surface area contributed by atoms with Gasteiger partial charge in [0, 0.05) is 26.1 Å². The van der Waals surface area contributed by atoms with Gasteiger partial charge in [0.25, 0.3) is 0 Å². The van der Waals surface area contributed by atoms with Gasteiger partial charge in [-0.05, 0) is 18.3 Å². The number of carbonyl (C=O) groups is 2. The maximum absolute atomic E-state index is 11.7. The molecule has 5 nitrogen and oxygen atoms in total. The highest BCUT2D eigenvalue weighted by Crippen LogP contribution is 2.23. The monoisotopic (exact) mass is 257 g/mol. The number of nitrogens with zero attached hydrogens (tertiary/aromatic N) is 1. The number of rotatable bonds is 6. The summed E-state index contributed by atoms with van der Waals surface area (Å²) < 4.78 is 4.66. The summed E-state index contributed by atoms with van der Waals surface area (Å²) in [5, 5.41) is 9.14. The molecule has 0 radical (unpaired) electrons. The van der Waals surface area contributed by atoms with Crippen LogP contribution in [0.5, 0.6) is 0 Å². The predicted octanol–water partition coefficient (Wildman–Crippen LogP) is 0.807. The van der Waals surface area contributed by atoms with E-state index in [1.807, 2.05) is 13.8 Å². The fourth-order valence-electron chi connectivity index (χ4n) is 2.14. The Hall–Kier alpha value is -1.10. The first-order chi connectivity index (χ1) is 8.39. The number of carbonyl (C=O) groups excluding carboxylic acids is 2. The maximum atomic E-state index is 11.7. The molecule has 1 rings (SSSR count). The molecule has 0 aromatic rings. The molecular weight excluding hydrogens is 234 g/mol. The normalized spacial score (nSPS) is 20.3. The minimum atomic E-state index is -0.312. The van der Waals surface area contributed by atoms with Crippen LogP contribution >= 0.6 is 0 Å². The van der Waals surface area contributed by atoms with Gasteiger partial charge in [-0.2, -0.15) is 0 Å². The third-order valence-electron chi connectivity index (χ3n) is 3.46. The molecule has 18 heavy (non-hydrogen) atoms. The molecule has 0 spiro atoms. The number of esters is 1. The molecule has 104 valence electrons. The van der Waals surface area contributed by atoms with Gasteiger partial charge in [-0.3, -0.25) is 9.59 Å². The van der Waals surface area contributed by atoms with Crippen molar-refractivity contribution in [3.63, 3.8) is 0 Å². The minimum absolute atomic E-state index is 0.0206. The van der Waals surface area contributed by atoms with E-state index in [0.717, 1.165) is 12.8 Å². The fraction of sp³-hybridized carbons (Fsp3) is 0.846. The molecule has 1 N–H and O–H groups in total. The average Bonchev–Trinajstić information content (AvgIpc) is 2.70. The number of aliphatic hydroxyl groups is 1. The largest absolute Gasteiger partial charge is 0.469 e. The number of ether oxygens (including phenoxy) is 1. The second-order valence-electron chi connectivity index (χ2n) is 5.69. The van der Waals surface area contributed by atoms with Crippen LogP contribution in [0.3, 0.4) is 0 Å². The van der Waals surface area contributed by atoms with Crippen molar-refractivity contribution in [1.82, 2.24) is 4.90 Å². The molecule has 1 amide bonds. The minimum Gasteiger partial charge on any atom is -0.469 e. The number of aliphatic hydroxyl groups excluding tert-OH is 1. The zero-order valence-electron chi connectivity index (χ0n) is 11.4. The number of hydrogen-bond acceptors (Lipinski definition) is 4. The van der Waals surface area contributed by atoms with Gasteiger partial charge < -0.3 is 14.7 Å². The van der Waals surface area contributed by atoms with E-state index in [2.05, 4.69) is 4.74 Å². The Morgan fingerprint density at radius 2 is 2.22 bits per heavy atom. The fourth-order valence-corrected chi connectivity index (χ4v) is 2.14. The summed E-state index contributed by atoms with van der Waals surface area (Å²) in [4.78, 5) is 24.8. The van der Waals surface area contributed by atoms with Crippen LogP contribution in [0.2, 0.25) is 0 Å². The smallest absolute Gasteiger partial charge is 0.310 e. The zero-order chi connectivity index (χ0) is 13.8. The van der Waals surface area contributed by atoms with E-state index in [1.54, 1.807) is 4.90 Å². The van der Waals surface area contributed by atoms with Crippen molar-refractivity contribution in [1.29, 1.82) is 0 Å². The third kappa shape index (κ3) is 3.98. The van der Waals surface area contributed by atoms with Crippen molar-refractivity contribution in [3.8, 4) is 0 Å². The standard InChI is InChI=1S/C13H23NO4/c1-13(2,9-15)5-4-6-14-8-10(7-11(14)16)12(17)18-3/h10,15H,4-9H2,1-3H3. The van der Waals surface area contributed by atoms with E-state index in [4.69, 9.17) is 5.11 Å². The van der Waals surface area contributed by atoms with E-state index < -0.39 is 0 Å². The molecule has 1 heterocycles. The Bertz CT molecular complexity index is 314. The third-order valence-corrected chi connectivity index (χ3v) is 3.46. The van der Waals surface area contributed by atoms with E-state index in [9.17, 15) is 9.59 Å². The van der Waals surface area contributed by atoms with E-state index in [-0.39, 0.29) is 36.2 Å². The van der Waals surface area contributed by atoms with Gasteiger partial charge in [-0.25, -0.2) is 0 Å². The lowest BCUT2D eigenvalue weighted by Gasteiger charge is -2.23. The zero-order valence-corrected chi connectivity index (χ0v) is 11.4. The van der Waals surface area contributed by atoms with E-state index in [1.165, 1.54) is 7.11 Å². The highest BCUT2D eigenvalue weighted by molar-refractivity contribution is 5.86. The lowest BCUT2D eigenvalue weighted by molar-refractivity contribution is -0.145. The summed E-state index contributed by atoms with van der Waals surface area (Å²) in [6.45, 7) is 5.25. The number of hydrogen-bond donors (Lipinski definition) is 1. The average molecular weight is 257 g/mol. The maximum Gasteiger partial charge on any atom is 0.310 e. The van der Waals surface area contributed by atoms with E-state index >= 15 is 0 Å². The molecule has 5 heteroatoms. The summed E-state index contributed by atoms with van der Waals surface area (Å²) in [7, 11) is 1.35. The molecule has 0 bridgehead atoms. The predicted molar refractivity (Wildman–Crippen MR) is 66.8 cm³/mol. The Kier molecular flexibility index (Phi) is 5.14. The van der Waals surface area contributed by atoms with Crippen LogP contribution in [0.25, 0.3) is 0 Å². The Labute approximate surface area is 108 Å². The molecule has 1 unspecified atom stereocenters. The van der Waals surface area contributed by atoms with Gasteiger partial charge >= 0.3 is 5.97 Å². The summed E-state index contributed by atoms with van der Waals surface area (Å²) in [6.07, 6.45) is 1.96. The molecular formula is C13H23NO4. The first-order valence-electron chi connectivity index (χ1n) is 6.36. The Balaban J connectivity index is 2.36. The Morgan fingerprint density at radius 3 is 2.78 bits per heavy atom. The van der Waals surface area contributed by atoms with Crippen LogP contribution in [0.15, 0.2) is 0 Å². The number of methoxy groups -OCH3 is 1. The molecule has 1 atom stereocenters. The quantitative estimate of drug-likeness (QED) is 0.715. The van der Waals surface area contributed by atoms with Crippen LogP contribution in [0.1, 0.15) is 33.1 Å². The lowest BCUT2D eigenvalue weighted by atomic mass is 9.89. The van der Waals surface area contributed by atoms with Gasteiger partial charge in [0.15, 0.2) is 0 Å². The number of amides is 1. The molecule has 0 aliphatic carbocycles. The first kappa shape index (κ1) is 15.0. The first-order valence-corrected chi connectivity index (χ1v) is 6.36. The summed E-state index contributed by atoms with van der Waals surface area (Å²) in [5.74, 6) is -0.595. The van der Waals surface area contributed by atoms with Crippen molar-refractivity contribution in [2.75, 3.05) is 26.8 Å². The summed E-state index contributed by atoms with van der Waals surface area (Å²) in [6, 6.07) is 0. The van der Waals surface area contributed by atoms with Crippen LogP contribution < -0.4 is 0 Å². The van der Waals surface area contributed by atoms with E-state index in [0.29, 0.717) is 13.1 Å². The molecule has 1 saturated heterocycles. The molecule has 0 aromatic heterocycles. The van der Waals surface area contributed by atoms with Gasteiger partial charge in [0.05, 0.1) is 13.0 Å². The van der Waals surface area contributed by atoms with Crippen LogP contribution in [0.4, 0.5) is 0 Å². The van der Waals surface area contributed by atoms with Crippen molar-refractivity contribution in [2.24, 2.45) is 11.3 Å². The van der Waals surface area contributed by atoms with Gasteiger partial charge in [-0.1, -0.05) is 13.8 Å². The van der Waals surface area contributed by atoms with Crippen molar-refractivity contribution in [3.05, 3.63) is 0 Å². The van der Waals surface area contributed by atoms with Crippen LogP contribution in [-0.2, 0) is 14.3 Å². The summed E-state index contributed by atoms with van der Waals surface area (Å²) in [5.41, 5.74) is -0.107. The van der Waals surface area contributed by atoms with Crippen molar-refractivity contribution >= 4 is 11.9 Å². The van der Waals surface area contributed by atoms with Crippen LogP contribution in [-0.4, -0.2) is 48.7 Å². The van der Waals surface area contributed by atoms with Gasteiger partial charge in [0.2, 0.25) is 5.91 Å². The molecule has 1 fully saturated rings. The summed E-state index contributed by atoms with van der Waals surface area (Å²) >= 11 is 0. The molecule has 1 aliphatic rings. The molecule has 0 saturated carbocycles. The SMILES string of the molecule is COC(=O)C1CC(=O)N(CCCC(C)(C)CO)C1. The highest BCUT2D eigenvalue weighted by atomic mass is 16.5.